The van der Waals surface area contributed by atoms with Crippen LogP contribution >= 0.6 is 11.3 Å². The van der Waals surface area contributed by atoms with Gasteiger partial charge in [0, 0.05) is 38.6 Å². The Morgan fingerprint density at radius 3 is 2.73 bits per heavy atom. The van der Waals surface area contributed by atoms with Crippen LogP contribution in [0.4, 0.5) is 5.69 Å². The topological polar surface area (TPSA) is 78.4 Å². The SMILES string of the molecule is CCCCN1CCN(C(=O)c2sccc2NC(=O)c2cnccn2)CC1. The average molecular weight is 373 g/mol. The second kappa shape index (κ2) is 8.86. The zero-order valence-corrected chi connectivity index (χ0v) is 15.7. The molecule has 2 aromatic rings. The Bertz CT molecular complexity index is 741. The fraction of sp³-hybridized carbons (Fsp3) is 0.444. The molecule has 1 saturated heterocycles. The van der Waals surface area contributed by atoms with Crippen molar-refractivity contribution in [3.8, 4) is 0 Å². The largest absolute Gasteiger partial charge is 0.335 e. The Kier molecular flexibility index (Phi) is 6.30. The Balaban J connectivity index is 1.61. The monoisotopic (exact) mass is 373 g/mol. The Morgan fingerprint density at radius 2 is 2.04 bits per heavy atom. The van der Waals surface area contributed by atoms with E-state index in [-0.39, 0.29) is 17.5 Å². The fourth-order valence-corrected chi connectivity index (χ4v) is 3.69. The van der Waals surface area contributed by atoms with Gasteiger partial charge < -0.3 is 10.2 Å². The summed E-state index contributed by atoms with van der Waals surface area (Å²) in [6, 6.07) is 1.75. The first-order valence-electron chi connectivity index (χ1n) is 8.85. The molecule has 0 saturated carbocycles. The summed E-state index contributed by atoms with van der Waals surface area (Å²) in [6.07, 6.45) is 6.75. The van der Waals surface area contributed by atoms with Crippen molar-refractivity contribution in [1.29, 1.82) is 0 Å². The second-order valence-electron chi connectivity index (χ2n) is 6.20. The molecule has 138 valence electrons. The summed E-state index contributed by atoms with van der Waals surface area (Å²) in [5, 5.41) is 4.59. The first-order chi connectivity index (χ1) is 12.7. The third kappa shape index (κ3) is 4.44. The summed E-state index contributed by atoms with van der Waals surface area (Å²) in [5.74, 6) is -0.389. The number of hydrogen-bond acceptors (Lipinski definition) is 6. The molecule has 0 atom stereocenters. The first kappa shape index (κ1) is 18.5. The molecule has 0 radical (unpaired) electrons. The van der Waals surface area contributed by atoms with Crippen LogP contribution in [-0.4, -0.2) is 64.3 Å². The van der Waals surface area contributed by atoms with Gasteiger partial charge in [0.15, 0.2) is 0 Å². The van der Waals surface area contributed by atoms with Gasteiger partial charge in [0.05, 0.1) is 11.9 Å². The normalized spacial score (nSPS) is 15.0. The van der Waals surface area contributed by atoms with Gasteiger partial charge >= 0.3 is 0 Å². The number of carbonyl (C=O) groups is 2. The van der Waals surface area contributed by atoms with Crippen molar-refractivity contribution in [3.05, 3.63) is 40.6 Å². The highest BCUT2D eigenvalue weighted by atomic mass is 32.1. The molecular weight excluding hydrogens is 350 g/mol. The molecule has 2 amide bonds. The molecule has 0 aliphatic carbocycles. The van der Waals surface area contributed by atoms with E-state index in [1.165, 1.54) is 42.8 Å². The number of hydrogen-bond donors (Lipinski definition) is 1. The van der Waals surface area contributed by atoms with E-state index < -0.39 is 0 Å². The summed E-state index contributed by atoms with van der Waals surface area (Å²) in [5.41, 5.74) is 0.755. The lowest BCUT2D eigenvalue weighted by molar-refractivity contribution is 0.0641. The van der Waals surface area contributed by atoms with Gasteiger partial charge in [0.25, 0.3) is 11.8 Å². The molecule has 1 N–H and O–H groups in total. The van der Waals surface area contributed by atoms with E-state index in [0.717, 1.165) is 32.7 Å². The summed E-state index contributed by atoms with van der Waals surface area (Å²) in [6.45, 7) is 6.52. The van der Waals surface area contributed by atoms with Crippen LogP contribution in [0.5, 0.6) is 0 Å². The predicted molar refractivity (Wildman–Crippen MR) is 102 cm³/mol. The zero-order chi connectivity index (χ0) is 18.4. The molecule has 2 aromatic heterocycles. The van der Waals surface area contributed by atoms with Gasteiger partial charge in [-0.2, -0.15) is 0 Å². The van der Waals surface area contributed by atoms with Gasteiger partial charge in [-0.3, -0.25) is 19.5 Å². The molecule has 0 aromatic carbocycles. The third-order valence-electron chi connectivity index (χ3n) is 4.39. The second-order valence-corrected chi connectivity index (χ2v) is 7.11. The zero-order valence-electron chi connectivity index (χ0n) is 14.9. The van der Waals surface area contributed by atoms with Crippen LogP contribution in [-0.2, 0) is 0 Å². The lowest BCUT2D eigenvalue weighted by atomic mass is 10.2. The van der Waals surface area contributed by atoms with Crippen LogP contribution in [0.2, 0.25) is 0 Å². The van der Waals surface area contributed by atoms with Gasteiger partial charge in [0.2, 0.25) is 0 Å². The molecule has 7 nitrogen and oxygen atoms in total. The molecule has 26 heavy (non-hydrogen) atoms. The van der Waals surface area contributed by atoms with E-state index in [9.17, 15) is 9.59 Å². The molecule has 8 heteroatoms. The highest BCUT2D eigenvalue weighted by Gasteiger charge is 2.25. The van der Waals surface area contributed by atoms with Gasteiger partial charge in [0.1, 0.15) is 10.6 Å². The minimum absolute atomic E-state index is 0.0235. The lowest BCUT2D eigenvalue weighted by Crippen LogP contribution is -2.48. The van der Waals surface area contributed by atoms with E-state index in [4.69, 9.17) is 0 Å². The molecule has 3 rings (SSSR count). The Labute approximate surface area is 157 Å². The predicted octanol–water partition coefficient (Wildman–Crippen LogP) is 2.35. The Morgan fingerprint density at radius 1 is 1.23 bits per heavy atom. The summed E-state index contributed by atoms with van der Waals surface area (Å²) in [4.78, 5) is 37.8. The van der Waals surface area contributed by atoms with Crippen molar-refractivity contribution in [1.82, 2.24) is 19.8 Å². The number of rotatable bonds is 6. The number of nitrogens with zero attached hydrogens (tertiary/aromatic N) is 4. The Hall–Kier alpha value is -2.32. The maximum Gasteiger partial charge on any atom is 0.275 e. The minimum Gasteiger partial charge on any atom is -0.335 e. The molecule has 1 aliphatic heterocycles. The summed E-state index contributed by atoms with van der Waals surface area (Å²) in [7, 11) is 0. The van der Waals surface area contributed by atoms with Gasteiger partial charge in [-0.25, -0.2) is 4.98 Å². The summed E-state index contributed by atoms with van der Waals surface area (Å²) < 4.78 is 0. The van der Waals surface area contributed by atoms with Crippen LogP contribution in [0.3, 0.4) is 0 Å². The molecule has 1 aliphatic rings. The van der Waals surface area contributed by atoms with Crippen LogP contribution in [0, 0.1) is 0 Å². The number of unbranched alkanes of at least 4 members (excludes halogenated alkanes) is 1. The highest BCUT2D eigenvalue weighted by molar-refractivity contribution is 7.12. The highest BCUT2D eigenvalue weighted by Crippen LogP contribution is 2.25. The number of amides is 2. The number of nitrogens with one attached hydrogen (secondary N) is 1. The molecule has 0 spiro atoms. The number of carbonyl (C=O) groups excluding carboxylic acids is 2. The smallest absolute Gasteiger partial charge is 0.275 e. The molecular formula is C18H23N5O2S. The number of aromatic nitrogens is 2. The van der Waals surface area contributed by atoms with E-state index in [1.54, 1.807) is 6.07 Å². The van der Waals surface area contributed by atoms with Crippen molar-refractivity contribution >= 4 is 28.8 Å². The van der Waals surface area contributed by atoms with Crippen LogP contribution in [0.1, 0.15) is 39.9 Å². The molecule has 0 unspecified atom stereocenters. The average Bonchev–Trinajstić information content (AvgIpc) is 3.15. The van der Waals surface area contributed by atoms with Gasteiger partial charge in [-0.1, -0.05) is 13.3 Å². The standard InChI is InChI=1S/C18H23N5O2S/c1-2-3-7-22-8-10-23(11-9-22)18(25)16-14(4-12-26-16)21-17(24)15-13-19-5-6-20-15/h4-6,12-13H,2-3,7-11H2,1H3,(H,21,24). The van der Waals surface area contributed by atoms with Crippen LogP contribution in [0.25, 0.3) is 0 Å². The van der Waals surface area contributed by atoms with Crippen molar-refractivity contribution in [2.24, 2.45) is 0 Å². The fourth-order valence-electron chi connectivity index (χ4n) is 2.88. The van der Waals surface area contributed by atoms with Crippen LogP contribution in [0.15, 0.2) is 30.0 Å². The molecule has 1 fully saturated rings. The third-order valence-corrected chi connectivity index (χ3v) is 5.29. The van der Waals surface area contributed by atoms with Crippen molar-refractivity contribution < 1.29 is 9.59 Å². The quantitative estimate of drug-likeness (QED) is 0.841. The number of piperazine rings is 1. The number of thiophene rings is 1. The maximum atomic E-state index is 12.9. The number of anilines is 1. The lowest BCUT2D eigenvalue weighted by Gasteiger charge is -2.34. The maximum absolute atomic E-state index is 12.9. The molecule has 0 bridgehead atoms. The van der Waals surface area contributed by atoms with Gasteiger partial charge in [-0.15, -0.1) is 11.3 Å². The van der Waals surface area contributed by atoms with E-state index in [2.05, 4.69) is 27.1 Å². The van der Waals surface area contributed by atoms with Crippen molar-refractivity contribution in [2.75, 3.05) is 38.0 Å². The van der Waals surface area contributed by atoms with Crippen molar-refractivity contribution in [3.63, 3.8) is 0 Å². The summed E-state index contributed by atoms with van der Waals surface area (Å²) >= 11 is 1.35. The van der Waals surface area contributed by atoms with E-state index in [0.29, 0.717) is 10.6 Å². The van der Waals surface area contributed by atoms with Crippen molar-refractivity contribution in [2.45, 2.75) is 19.8 Å². The van der Waals surface area contributed by atoms with E-state index >= 15 is 0 Å². The minimum atomic E-state index is -0.366. The van der Waals surface area contributed by atoms with Crippen LogP contribution < -0.4 is 5.32 Å². The molecule has 3 heterocycles. The van der Waals surface area contributed by atoms with Gasteiger partial charge in [-0.05, 0) is 24.4 Å². The van der Waals surface area contributed by atoms with E-state index in [1.807, 2.05) is 10.3 Å². The first-order valence-corrected chi connectivity index (χ1v) is 9.73.